The molecule has 2 aromatic heterocycles. The number of rotatable bonds is 7. The summed E-state index contributed by atoms with van der Waals surface area (Å²) in [4.78, 5) is 28.1. The van der Waals surface area contributed by atoms with Crippen molar-refractivity contribution in [3.05, 3.63) is 41.3 Å². The van der Waals surface area contributed by atoms with Gasteiger partial charge in [0.2, 0.25) is 5.88 Å². The Balaban J connectivity index is 1.30. The number of primary amides is 1. The van der Waals surface area contributed by atoms with E-state index in [4.69, 9.17) is 10.5 Å². The van der Waals surface area contributed by atoms with Crippen molar-refractivity contribution < 1.29 is 14.3 Å². The maximum atomic E-state index is 12.4. The predicted octanol–water partition coefficient (Wildman–Crippen LogP) is 1.16. The van der Waals surface area contributed by atoms with Crippen LogP contribution < -0.4 is 15.8 Å². The second-order valence-electron chi connectivity index (χ2n) is 7.30. The van der Waals surface area contributed by atoms with E-state index in [0.717, 1.165) is 18.7 Å². The second kappa shape index (κ2) is 7.38. The largest absolute Gasteiger partial charge is 0.477 e. The molecule has 3 N–H and O–H groups in total. The Labute approximate surface area is 157 Å². The van der Waals surface area contributed by atoms with Crippen molar-refractivity contribution in [3.8, 4) is 5.88 Å². The molecule has 2 aromatic rings. The Morgan fingerprint density at radius 3 is 2.78 bits per heavy atom. The molecule has 0 spiro atoms. The maximum absolute atomic E-state index is 12.4. The summed E-state index contributed by atoms with van der Waals surface area (Å²) in [6, 6.07) is 3.46. The van der Waals surface area contributed by atoms with Crippen LogP contribution in [0, 0.1) is 11.8 Å². The molecule has 8 heteroatoms. The van der Waals surface area contributed by atoms with Crippen LogP contribution in [-0.4, -0.2) is 39.7 Å². The molecule has 1 fully saturated rings. The van der Waals surface area contributed by atoms with E-state index in [-0.39, 0.29) is 11.8 Å². The van der Waals surface area contributed by atoms with Gasteiger partial charge in [0.1, 0.15) is 0 Å². The molecular formula is C19H23N5O3. The van der Waals surface area contributed by atoms with Gasteiger partial charge >= 0.3 is 0 Å². The van der Waals surface area contributed by atoms with Gasteiger partial charge in [0.05, 0.1) is 29.6 Å². The molecule has 2 aliphatic rings. The molecule has 4 rings (SSSR count). The fraction of sp³-hybridized carbons (Fsp3) is 0.474. The highest BCUT2D eigenvalue weighted by molar-refractivity contribution is 5.94. The zero-order chi connectivity index (χ0) is 18.8. The average molecular weight is 369 g/mol. The number of fused-ring (bicyclic) bond motifs is 1. The van der Waals surface area contributed by atoms with Crippen LogP contribution >= 0.6 is 0 Å². The lowest BCUT2D eigenvalue weighted by molar-refractivity contribution is 0.0941. The summed E-state index contributed by atoms with van der Waals surface area (Å²) in [6.07, 6.45) is 7.08. The zero-order valence-corrected chi connectivity index (χ0v) is 15.1. The Bertz CT molecular complexity index is 842. The standard InChI is InChI=1S/C19H23N5O3/c20-18(25)15-10-23-24-6-5-13(7-16(15)24)8-22-19(26)14-3-4-17(21-9-14)27-11-12-1-2-12/h3-4,9-10,12-13H,1-2,5-8,11H2,(H2,20,25)(H,22,26)/t13-/m1/s1. The highest BCUT2D eigenvalue weighted by atomic mass is 16.5. The number of aryl methyl sites for hydroxylation is 1. The van der Waals surface area contributed by atoms with E-state index >= 15 is 0 Å². The molecule has 3 heterocycles. The third-order valence-corrected chi connectivity index (χ3v) is 5.16. The fourth-order valence-electron chi connectivity index (χ4n) is 3.31. The van der Waals surface area contributed by atoms with E-state index in [1.165, 1.54) is 19.0 Å². The number of carbonyl (C=O) groups is 2. The molecule has 0 saturated heterocycles. The van der Waals surface area contributed by atoms with Crippen molar-refractivity contribution >= 4 is 11.8 Å². The van der Waals surface area contributed by atoms with Crippen molar-refractivity contribution in [2.45, 2.75) is 32.2 Å². The molecule has 0 unspecified atom stereocenters. The number of nitrogens with zero attached hydrogens (tertiary/aromatic N) is 3. The van der Waals surface area contributed by atoms with Gasteiger partial charge in [-0.2, -0.15) is 5.10 Å². The molecule has 1 saturated carbocycles. The molecule has 1 atom stereocenters. The molecule has 142 valence electrons. The predicted molar refractivity (Wildman–Crippen MR) is 97.3 cm³/mol. The fourth-order valence-corrected chi connectivity index (χ4v) is 3.31. The number of carbonyl (C=O) groups excluding carboxylic acids is 2. The maximum Gasteiger partial charge on any atom is 0.252 e. The van der Waals surface area contributed by atoms with E-state index in [1.807, 2.05) is 4.68 Å². The van der Waals surface area contributed by atoms with Crippen LogP contribution in [-0.2, 0) is 13.0 Å². The topological polar surface area (TPSA) is 112 Å². The number of ether oxygens (including phenoxy) is 1. The molecule has 27 heavy (non-hydrogen) atoms. The normalized spacial score (nSPS) is 18.6. The number of hydrogen-bond acceptors (Lipinski definition) is 5. The Morgan fingerprint density at radius 1 is 1.22 bits per heavy atom. The lowest BCUT2D eigenvalue weighted by Crippen LogP contribution is -2.34. The summed E-state index contributed by atoms with van der Waals surface area (Å²) in [7, 11) is 0. The molecule has 0 aromatic carbocycles. The van der Waals surface area contributed by atoms with Crippen LogP contribution in [0.2, 0.25) is 0 Å². The number of aromatic nitrogens is 3. The van der Waals surface area contributed by atoms with Gasteiger partial charge in [0.25, 0.3) is 11.8 Å². The zero-order valence-electron chi connectivity index (χ0n) is 15.1. The van der Waals surface area contributed by atoms with Crippen molar-refractivity contribution in [2.24, 2.45) is 17.6 Å². The molecule has 8 nitrogen and oxygen atoms in total. The second-order valence-corrected chi connectivity index (χ2v) is 7.30. The van der Waals surface area contributed by atoms with Gasteiger partial charge in [-0.05, 0) is 43.6 Å². The smallest absolute Gasteiger partial charge is 0.252 e. The Hall–Kier alpha value is -2.90. The van der Waals surface area contributed by atoms with E-state index in [0.29, 0.717) is 42.5 Å². The summed E-state index contributed by atoms with van der Waals surface area (Å²) in [5.41, 5.74) is 7.23. The summed E-state index contributed by atoms with van der Waals surface area (Å²) in [6.45, 7) is 1.95. The van der Waals surface area contributed by atoms with Crippen molar-refractivity contribution in [3.63, 3.8) is 0 Å². The summed E-state index contributed by atoms with van der Waals surface area (Å²) < 4.78 is 7.41. The molecule has 0 radical (unpaired) electrons. The van der Waals surface area contributed by atoms with Crippen molar-refractivity contribution in [2.75, 3.05) is 13.2 Å². The van der Waals surface area contributed by atoms with Crippen LogP contribution in [0.4, 0.5) is 0 Å². The van der Waals surface area contributed by atoms with Crippen LogP contribution in [0.1, 0.15) is 45.7 Å². The van der Waals surface area contributed by atoms with Gasteiger partial charge in [-0.1, -0.05) is 0 Å². The molecule has 0 bridgehead atoms. The highest BCUT2D eigenvalue weighted by Gasteiger charge is 2.25. The van der Waals surface area contributed by atoms with Gasteiger partial charge in [-0.3, -0.25) is 14.3 Å². The Kier molecular flexibility index (Phi) is 4.79. The molecule has 1 aliphatic heterocycles. The lowest BCUT2D eigenvalue weighted by Gasteiger charge is -2.24. The summed E-state index contributed by atoms with van der Waals surface area (Å²) in [5, 5.41) is 7.16. The molecular weight excluding hydrogens is 346 g/mol. The first-order valence-electron chi connectivity index (χ1n) is 9.31. The third-order valence-electron chi connectivity index (χ3n) is 5.16. The first kappa shape index (κ1) is 17.5. The monoisotopic (exact) mass is 369 g/mol. The minimum absolute atomic E-state index is 0.162. The molecule has 1 aliphatic carbocycles. The molecule has 2 amide bonds. The minimum Gasteiger partial charge on any atom is -0.477 e. The van der Waals surface area contributed by atoms with Crippen molar-refractivity contribution in [1.29, 1.82) is 0 Å². The minimum atomic E-state index is -0.462. The summed E-state index contributed by atoms with van der Waals surface area (Å²) in [5.74, 6) is 0.835. The highest BCUT2D eigenvalue weighted by Crippen LogP contribution is 2.29. The first-order chi connectivity index (χ1) is 13.1. The Morgan fingerprint density at radius 2 is 2.07 bits per heavy atom. The first-order valence-corrected chi connectivity index (χ1v) is 9.31. The van der Waals surface area contributed by atoms with Gasteiger partial charge in [-0.15, -0.1) is 0 Å². The van der Waals surface area contributed by atoms with Crippen LogP contribution in [0.15, 0.2) is 24.5 Å². The van der Waals surface area contributed by atoms with E-state index in [1.54, 1.807) is 18.3 Å². The van der Waals surface area contributed by atoms with Gasteiger partial charge in [0.15, 0.2) is 0 Å². The SMILES string of the molecule is NC(=O)c1cnn2c1C[C@H](CNC(=O)c1ccc(OCC3CC3)nc1)CC2. The van der Waals surface area contributed by atoms with Crippen LogP contribution in [0.3, 0.4) is 0 Å². The van der Waals surface area contributed by atoms with Crippen LogP contribution in [0.5, 0.6) is 5.88 Å². The average Bonchev–Trinajstić information content (AvgIpc) is 3.41. The van der Waals surface area contributed by atoms with Crippen molar-refractivity contribution in [1.82, 2.24) is 20.1 Å². The number of hydrogen-bond donors (Lipinski definition) is 2. The van der Waals surface area contributed by atoms with E-state index in [9.17, 15) is 9.59 Å². The number of nitrogens with one attached hydrogen (secondary N) is 1. The quantitative estimate of drug-likeness (QED) is 0.760. The van der Waals surface area contributed by atoms with Crippen LogP contribution in [0.25, 0.3) is 0 Å². The van der Waals surface area contributed by atoms with Gasteiger partial charge in [0, 0.05) is 25.4 Å². The van der Waals surface area contributed by atoms with E-state index in [2.05, 4.69) is 15.4 Å². The third kappa shape index (κ3) is 4.10. The number of amides is 2. The number of nitrogens with two attached hydrogens (primary N) is 1. The lowest BCUT2D eigenvalue weighted by atomic mass is 9.94. The number of pyridine rings is 1. The van der Waals surface area contributed by atoms with Gasteiger partial charge < -0.3 is 15.8 Å². The summed E-state index contributed by atoms with van der Waals surface area (Å²) >= 11 is 0. The van der Waals surface area contributed by atoms with E-state index < -0.39 is 5.91 Å². The van der Waals surface area contributed by atoms with Gasteiger partial charge in [-0.25, -0.2) is 4.98 Å².